The molecule has 0 aliphatic rings. The van der Waals surface area contributed by atoms with Crippen LogP contribution in [0.2, 0.25) is 0 Å². The lowest BCUT2D eigenvalue weighted by molar-refractivity contribution is -0.137. The molecule has 0 aliphatic carbocycles. The standard InChI is InChI=1S/C26H31F3N4/c1-3-5-6-7-9-20-12-14-21(15-13-20)31-24-23(26(27,28)29)18-30-25(33-24)32-22-16-10-19(8-4-2)11-17-22/h10-18H,3-9H2,1-2H3,(H2,30,31,32,33). The molecule has 0 bridgehead atoms. The molecule has 0 amide bonds. The number of unbranched alkanes of at least 4 members (excludes halogenated alkanes) is 3. The van der Waals surface area contributed by atoms with E-state index in [-0.39, 0.29) is 11.8 Å². The molecule has 3 aromatic rings. The minimum absolute atomic E-state index is 0.0984. The second-order valence-corrected chi connectivity index (χ2v) is 8.16. The molecule has 33 heavy (non-hydrogen) atoms. The van der Waals surface area contributed by atoms with Crippen LogP contribution in [0.5, 0.6) is 0 Å². The number of rotatable bonds is 11. The van der Waals surface area contributed by atoms with Crippen LogP contribution in [0.15, 0.2) is 54.7 Å². The normalized spacial score (nSPS) is 11.4. The van der Waals surface area contributed by atoms with E-state index in [9.17, 15) is 13.2 Å². The smallest absolute Gasteiger partial charge is 0.340 e. The Morgan fingerprint density at radius 3 is 1.91 bits per heavy atom. The van der Waals surface area contributed by atoms with Gasteiger partial charge in [-0.1, -0.05) is 63.8 Å². The summed E-state index contributed by atoms with van der Waals surface area (Å²) in [6, 6.07) is 15.2. The number of nitrogens with one attached hydrogen (secondary N) is 2. The molecule has 0 aliphatic heterocycles. The van der Waals surface area contributed by atoms with Gasteiger partial charge in [-0.2, -0.15) is 18.2 Å². The van der Waals surface area contributed by atoms with Crippen LogP contribution < -0.4 is 10.6 Å². The number of hydrogen-bond acceptors (Lipinski definition) is 4. The first kappa shape index (κ1) is 24.6. The lowest BCUT2D eigenvalue weighted by atomic mass is 10.1. The molecular weight excluding hydrogens is 425 g/mol. The fourth-order valence-corrected chi connectivity index (χ4v) is 3.56. The van der Waals surface area contributed by atoms with E-state index in [1.807, 2.05) is 36.4 Å². The summed E-state index contributed by atoms with van der Waals surface area (Å²) in [4.78, 5) is 8.01. The highest BCUT2D eigenvalue weighted by Gasteiger charge is 2.35. The number of hydrogen-bond donors (Lipinski definition) is 2. The number of benzene rings is 2. The van der Waals surface area contributed by atoms with Crippen LogP contribution in [0.1, 0.15) is 62.6 Å². The van der Waals surface area contributed by atoms with E-state index in [0.717, 1.165) is 31.9 Å². The molecule has 0 saturated carbocycles. The van der Waals surface area contributed by atoms with Crippen molar-refractivity contribution in [2.45, 2.75) is 65.0 Å². The molecular formula is C26H31F3N4. The molecule has 0 fully saturated rings. The van der Waals surface area contributed by atoms with Crippen LogP contribution in [0, 0.1) is 0 Å². The highest BCUT2D eigenvalue weighted by atomic mass is 19.4. The zero-order chi connectivity index (χ0) is 23.7. The summed E-state index contributed by atoms with van der Waals surface area (Å²) >= 11 is 0. The molecule has 1 aromatic heterocycles. The van der Waals surface area contributed by atoms with E-state index in [0.29, 0.717) is 11.4 Å². The fraction of sp³-hybridized carbons (Fsp3) is 0.385. The van der Waals surface area contributed by atoms with Gasteiger partial charge in [-0.05, 0) is 54.7 Å². The Bertz CT molecular complexity index is 1000. The van der Waals surface area contributed by atoms with Crippen molar-refractivity contribution in [2.75, 3.05) is 10.6 Å². The molecule has 0 radical (unpaired) electrons. The second kappa shape index (κ2) is 11.7. The van der Waals surface area contributed by atoms with Crippen molar-refractivity contribution in [1.82, 2.24) is 9.97 Å². The number of nitrogens with zero attached hydrogens (tertiary/aromatic N) is 2. The van der Waals surface area contributed by atoms with Crippen LogP contribution in [0.25, 0.3) is 0 Å². The number of anilines is 4. The first-order chi connectivity index (χ1) is 15.9. The molecule has 176 valence electrons. The molecule has 2 N–H and O–H groups in total. The first-order valence-electron chi connectivity index (χ1n) is 11.5. The molecule has 0 atom stereocenters. The maximum atomic E-state index is 13.6. The van der Waals surface area contributed by atoms with E-state index in [1.54, 1.807) is 12.1 Å². The van der Waals surface area contributed by atoms with Crippen LogP contribution >= 0.6 is 0 Å². The Labute approximate surface area is 193 Å². The van der Waals surface area contributed by atoms with Crippen molar-refractivity contribution in [3.8, 4) is 0 Å². The Balaban J connectivity index is 1.75. The Morgan fingerprint density at radius 1 is 0.727 bits per heavy atom. The molecule has 3 rings (SSSR count). The van der Waals surface area contributed by atoms with Crippen LogP contribution in [0.4, 0.5) is 36.3 Å². The quantitative estimate of drug-likeness (QED) is 0.287. The minimum Gasteiger partial charge on any atom is -0.340 e. The van der Waals surface area contributed by atoms with Crippen molar-refractivity contribution < 1.29 is 13.2 Å². The summed E-state index contributed by atoms with van der Waals surface area (Å²) < 4.78 is 40.7. The Hall–Kier alpha value is -3.09. The Morgan fingerprint density at radius 2 is 1.33 bits per heavy atom. The highest BCUT2D eigenvalue weighted by Crippen LogP contribution is 2.35. The minimum atomic E-state index is -4.57. The summed E-state index contributed by atoms with van der Waals surface area (Å²) in [5.74, 6) is -0.181. The monoisotopic (exact) mass is 456 g/mol. The number of aromatic nitrogens is 2. The topological polar surface area (TPSA) is 49.8 Å². The fourth-order valence-electron chi connectivity index (χ4n) is 3.56. The number of aryl methyl sites for hydroxylation is 2. The van der Waals surface area contributed by atoms with Gasteiger partial charge in [0, 0.05) is 17.6 Å². The van der Waals surface area contributed by atoms with Gasteiger partial charge in [0.05, 0.1) is 0 Å². The SMILES string of the molecule is CCCCCCc1ccc(Nc2nc(Nc3ccc(CCC)cc3)ncc2C(F)(F)F)cc1. The number of alkyl halides is 3. The summed E-state index contributed by atoms with van der Waals surface area (Å²) in [6.45, 7) is 4.28. The van der Waals surface area contributed by atoms with Gasteiger partial charge in [-0.25, -0.2) is 4.98 Å². The van der Waals surface area contributed by atoms with Gasteiger partial charge in [0.2, 0.25) is 5.95 Å². The van der Waals surface area contributed by atoms with Crippen LogP contribution in [0.3, 0.4) is 0 Å². The summed E-state index contributed by atoms with van der Waals surface area (Å²) in [6.07, 6.45) is 3.92. The van der Waals surface area contributed by atoms with Crippen molar-refractivity contribution in [2.24, 2.45) is 0 Å². The molecule has 7 heteroatoms. The predicted octanol–water partition coefficient (Wildman–Crippen LogP) is 8.06. The molecule has 0 saturated heterocycles. The summed E-state index contributed by atoms with van der Waals surface area (Å²) in [5.41, 5.74) is 2.73. The van der Waals surface area contributed by atoms with E-state index >= 15 is 0 Å². The van der Waals surface area contributed by atoms with Crippen LogP contribution in [-0.2, 0) is 19.0 Å². The summed E-state index contributed by atoms with van der Waals surface area (Å²) in [5, 5.41) is 5.81. The average molecular weight is 457 g/mol. The van der Waals surface area contributed by atoms with Crippen molar-refractivity contribution >= 4 is 23.1 Å². The van der Waals surface area contributed by atoms with E-state index in [1.165, 1.54) is 30.4 Å². The van der Waals surface area contributed by atoms with Gasteiger partial charge in [0.1, 0.15) is 11.4 Å². The largest absolute Gasteiger partial charge is 0.421 e. The molecule has 4 nitrogen and oxygen atoms in total. The van der Waals surface area contributed by atoms with Crippen molar-refractivity contribution in [3.05, 3.63) is 71.4 Å². The summed E-state index contributed by atoms with van der Waals surface area (Å²) in [7, 11) is 0. The van der Waals surface area contributed by atoms with E-state index in [2.05, 4.69) is 34.4 Å². The maximum absolute atomic E-state index is 13.6. The predicted molar refractivity (Wildman–Crippen MR) is 128 cm³/mol. The lowest BCUT2D eigenvalue weighted by Crippen LogP contribution is -2.12. The lowest BCUT2D eigenvalue weighted by Gasteiger charge is -2.15. The van der Waals surface area contributed by atoms with Gasteiger partial charge >= 0.3 is 6.18 Å². The van der Waals surface area contributed by atoms with Gasteiger partial charge in [0.25, 0.3) is 0 Å². The first-order valence-corrected chi connectivity index (χ1v) is 11.5. The third-order valence-corrected chi connectivity index (χ3v) is 5.38. The molecule has 1 heterocycles. The van der Waals surface area contributed by atoms with Gasteiger partial charge in [-0.15, -0.1) is 0 Å². The highest BCUT2D eigenvalue weighted by molar-refractivity contribution is 5.63. The zero-order valence-electron chi connectivity index (χ0n) is 19.2. The van der Waals surface area contributed by atoms with E-state index < -0.39 is 11.7 Å². The molecule has 2 aromatic carbocycles. The number of halogens is 3. The average Bonchev–Trinajstić information content (AvgIpc) is 2.79. The molecule has 0 unspecified atom stereocenters. The van der Waals surface area contributed by atoms with Gasteiger partial charge in [0.15, 0.2) is 0 Å². The molecule has 0 spiro atoms. The van der Waals surface area contributed by atoms with Crippen molar-refractivity contribution in [1.29, 1.82) is 0 Å². The van der Waals surface area contributed by atoms with Crippen molar-refractivity contribution in [3.63, 3.8) is 0 Å². The third kappa shape index (κ3) is 7.48. The van der Waals surface area contributed by atoms with Gasteiger partial charge < -0.3 is 10.6 Å². The zero-order valence-corrected chi connectivity index (χ0v) is 19.2. The van der Waals surface area contributed by atoms with Crippen LogP contribution in [-0.4, -0.2) is 9.97 Å². The Kier molecular flexibility index (Phi) is 8.69. The maximum Gasteiger partial charge on any atom is 0.421 e. The van der Waals surface area contributed by atoms with E-state index in [4.69, 9.17) is 0 Å². The van der Waals surface area contributed by atoms with Gasteiger partial charge in [-0.3, -0.25) is 0 Å². The second-order valence-electron chi connectivity index (χ2n) is 8.16. The third-order valence-electron chi connectivity index (χ3n) is 5.38.